The SMILES string of the molecule is CC(O)COc1ccc(C(C)(c2ccc(O)cc2)c2ccc(OCC(C)O)cc2)cc1.CCO. The summed E-state index contributed by atoms with van der Waals surface area (Å²) in [7, 11) is 0. The van der Waals surface area contributed by atoms with Crippen LogP contribution < -0.4 is 9.47 Å². The van der Waals surface area contributed by atoms with Crippen LogP contribution in [0.4, 0.5) is 0 Å². The molecule has 0 heterocycles. The summed E-state index contributed by atoms with van der Waals surface area (Å²) in [6.45, 7) is 7.91. The first kappa shape index (κ1) is 27.2. The maximum absolute atomic E-state index is 9.77. The molecule has 34 heavy (non-hydrogen) atoms. The Morgan fingerprint density at radius 3 is 1.26 bits per heavy atom. The van der Waals surface area contributed by atoms with Crippen LogP contribution >= 0.6 is 0 Å². The molecule has 3 aromatic carbocycles. The van der Waals surface area contributed by atoms with E-state index in [1.807, 2.05) is 60.7 Å². The summed E-state index contributed by atoms with van der Waals surface area (Å²) in [5, 5.41) is 36.2. The third-order valence-corrected chi connectivity index (χ3v) is 5.29. The van der Waals surface area contributed by atoms with Crippen molar-refractivity contribution in [2.75, 3.05) is 19.8 Å². The molecule has 6 heteroatoms. The van der Waals surface area contributed by atoms with Crippen molar-refractivity contribution in [3.63, 3.8) is 0 Å². The summed E-state index contributed by atoms with van der Waals surface area (Å²) in [4.78, 5) is 0. The number of benzene rings is 3. The summed E-state index contributed by atoms with van der Waals surface area (Å²) in [6, 6.07) is 22.9. The van der Waals surface area contributed by atoms with Gasteiger partial charge in [0.25, 0.3) is 0 Å². The van der Waals surface area contributed by atoms with Gasteiger partial charge in [0, 0.05) is 12.0 Å². The fraction of sp³-hybridized carbons (Fsp3) is 0.357. The summed E-state index contributed by atoms with van der Waals surface area (Å²) in [5.74, 6) is 1.61. The topological polar surface area (TPSA) is 99.4 Å². The Hall–Kier alpha value is -3.06. The quantitative estimate of drug-likeness (QED) is 0.350. The molecule has 3 aromatic rings. The van der Waals surface area contributed by atoms with Crippen LogP contribution in [0.5, 0.6) is 17.2 Å². The largest absolute Gasteiger partial charge is 0.508 e. The standard InChI is InChI=1S/C26H30O5.C2H6O/c1-18(27)16-30-24-12-6-21(7-13-24)26(3,20-4-10-23(29)11-5-20)22-8-14-25(15-9-22)31-17-19(2)28;1-2-3/h4-15,18-19,27-29H,16-17H2,1-3H3;3H,2H2,1H3. The van der Waals surface area contributed by atoms with E-state index in [1.165, 1.54) is 0 Å². The molecule has 4 N–H and O–H groups in total. The van der Waals surface area contributed by atoms with Crippen molar-refractivity contribution in [3.05, 3.63) is 89.5 Å². The van der Waals surface area contributed by atoms with Gasteiger partial charge in [0.2, 0.25) is 0 Å². The highest BCUT2D eigenvalue weighted by atomic mass is 16.5. The minimum absolute atomic E-state index is 0.217. The van der Waals surface area contributed by atoms with Crippen LogP contribution in [0, 0.1) is 0 Å². The molecule has 0 aromatic heterocycles. The second-order valence-electron chi connectivity index (χ2n) is 8.36. The summed E-state index contributed by atoms with van der Waals surface area (Å²) < 4.78 is 11.2. The molecule has 6 nitrogen and oxygen atoms in total. The number of rotatable bonds is 9. The Morgan fingerprint density at radius 1 is 0.676 bits per heavy atom. The van der Waals surface area contributed by atoms with E-state index in [0.717, 1.165) is 16.7 Å². The molecule has 0 fully saturated rings. The molecule has 0 radical (unpaired) electrons. The van der Waals surface area contributed by atoms with Gasteiger partial charge < -0.3 is 29.9 Å². The molecule has 2 atom stereocenters. The van der Waals surface area contributed by atoms with Gasteiger partial charge in [-0.3, -0.25) is 0 Å². The maximum atomic E-state index is 9.77. The molecule has 0 amide bonds. The van der Waals surface area contributed by atoms with Crippen molar-refractivity contribution >= 4 is 0 Å². The smallest absolute Gasteiger partial charge is 0.119 e. The van der Waals surface area contributed by atoms with Gasteiger partial charge >= 0.3 is 0 Å². The Labute approximate surface area is 202 Å². The van der Waals surface area contributed by atoms with Crippen molar-refractivity contribution < 1.29 is 29.9 Å². The fourth-order valence-electron chi connectivity index (χ4n) is 3.50. The minimum Gasteiger partial charge on any atom is -0.508 e. The number of aliphatic hydroxyl groups is 3. The molecule has 3 rings (SSSR count). The summed E-state index contributed by atoms with van der Waals surface area (Å²) in [5.41, 5.74) is 2.65. The first-order valence-electron chi connectivity index (χ1n) is 11.4. The first-order valence-corrected chi connectivity index (χ1v) is 11.4. The van der Waals surface area contributed by atoms with E-state index < -0.39 is 17.6 Å². The lowest BCUT2D eigenvalue weighted by molar-refractivity contribution is 0.122. The monoisotopic (exact) mass is 468 g/mol. The van der Waals surface area contributed by atoms with Crippen molar-refractivity contribution in [3.8, 4) is 17.2 Å². The van der Waals surface area contributed by atoms with Crippen molar-refractivity contribution in [2.24, 2.45) is 0 Å². The lowest BCUT2D eigenvalue weighted by Gasteiger charge is -2.32. The molecule has 0 saturated heterocycles. The summed E-state index contributed by atoms with van der Waals surface area (Å²) in [6.07, 6.45) is -1.06. The third-order valence-electron chi connectivity index (χ3n) is 5.29. The molecule has 0 saturated carbocycles. The van der Waals surface area contributed by atoms with Crippen molar-refractivity contribution in [1.29, 1.82) is 0 Å². The second kappa shape index (κ2) is 13.0. The van der Waals surface area contributed by atoms with E-state index in [9.17, 15) is 15.3 Å². The van der Waals surface area contributed by atoms with Crippen LogP contribution in [0.25, 0.3) is 0 Å². The zero-order valence-electron chi connectivity index (χ0n) is 20.3. The second-order valence-corrected chi connectivity index (χ2v) is 8.36. The first-order chi connectivity index (χ1) is 16.2. The molecule has 2 unspecified atom stereocenters. The predicted octanol–water partition coefficient (Wildman–Crippen LogP) is 4.26. The van der Waals surface area contributed by atoms with E-state index in [2.05, 4.69) is 6.92 Å². The number of aliphatic hydroxyl groups excluding tert-OH is 3. The number of ether oxygens (including phenoxy) is 2. The Bertz CT molecular complexity index is 908. The van der Waals surface area contributed by atoms with E-state index in [1.54, 1.807) is 32.9 Å². The van der Waals surface area contributed by atoms with Gasteiger partial charge in [0.1, 0.15) is 30.5 Å². The van der Waals surface area contributed by atoms with Crippen LogP contribution in [0.15, 0.2) is 72.8 Å². The van der Waals surface area contributed by atoms with Crippen molar-refractivity contribution in [2.45, 2.75) is 45.3 Å². The molecule has 0 aliphatic carbocycles. The highest BCUT2D eigenvalue weighted by Crippen LogP contribution is 2.40. The molecular weight excluding hydrogens is 432 g/mol. The van der Waals surface area contributed by atoms with E-state index in [0.29, 0.717) is 11.5 Å². The number of aromatic hydroxyl groups is 1. The van der Waals surface area contributed by atoms with Gasteiger partial charge in [0.05, 0.1) is 12.2 Å². The van der Waals surface area contributed by atoms with Crippen LogP contribution in [-0.4, -0.2) is 52.5 Å². The van der Waals surface area contributed by atoms with Gasteiger partial charge in [-0.25, -0.2) is 0 Å². The molecule has 0 aliphatic rings. The highest BCUT2D eigenvalue weighted by Gasteiger charge is 2.31. The average Bonchev–Trinajstić information content (AvgIpc) is 2.82. The number of hydrogen-bond donors (Lipinski definition) is 4. The van der Waals surface area contributed by atoms with Crippen LogP contribution in [0.3, 0.4) is 0 Å². The Morgan fingerprint density at radius 2 is 0.971 bits per heavy atom. The fourth-order valence-corrected chi connectivity index (χ4v) is 3.50. The minimum atomic E-state index is -0.531. The Kier molecular flexibility index (Phi) is 10.4. The van der Waals surface area contributed by atoms with E-state index in [4.69, 9.17) is 14.6 Å². The molecule has 0 spiro atoms. The molecule has 0 aliphatic heterocycles. The van der Waals surface area contributed by atoms with Gasteiger partial charge in [0.15, 0.2) is 0 Å². The van der Waals surface area contributed by atoms with Crippen LogP contribution in [0.2, 0.25) is 0 Å². The van der Waals surface area contributed by atoms with E-state index in [-0.39, 0.29) is 25.6 Å². The number of hydrogen-bond acceptors (Lipinski definition) is 6. The normalized spacial score (nSPS) is 14.2. The Balaban J connectivity index is 0.00000129. The van der Waals surface area contributed by atoms with Gasteiger partial charge in [-0.15, -0.1) is 0 Å². The number of phenols is 1. The third kappa shape index (κ3) is 7.48. The zero-order valence-corrected chi connectivity index (χ0v) is 20.3. The van der Waals surface area contributed by atoms with Gasteiger partial charge in [-0.2, -0.15) is 0 Å². The molecular formula is C28H36O6. The lowest BCUT2D eigenvalue weighted by atomic mass is 9.71. The number of phenolic OH excluding ortho intramolecular Hbond substituents is 1. The molecule has 0 bridgehead atoms. The lowest BCUT2D eigenvalue weighted by Crippen LogP contribution is -2.25. The predicted molar refractivity (Wildman–Crippen MR) is 134 cm³/mol. The average molecular weight is 469 g/mol. The maximum Gasteiger partial charge on any atom is 0.119 e. The van der Waals surface area contributed by atoms with Crippen molar-refractivity contribution in [1.82, 2.24) is 0 Å². The highest BCUT2D eigenvalue weighted by molar-refractivity contribution is 5.52. The van der Waals surface area contributed by atoms with Gasteiger partial charge in [-0.05, 0) is 80.8 Å². The zero-order chi connectivity index (χ0) is 25.1. The van der Waals surface area contributed by atoms with Gasteiger partial charge in [-0.1, -0.05) is 36.4 Å². The van der Waals surface area contributed by atoms with Crippen LogP contribution in [0.1, 0.15) is 44.4 Å². The molecule has 184 valence electrons. The van der Waals surface area contributed by atoms with Crippen LogP contribution in [-0.2, 0) is 5.41 Å². The van der Waals surface area contributed by atoms with E-state index >= 15 is 0 Å². The summed E-state index contributed by atoms with van der Waals surface area (Å²) >= 11 is 0.